The highest BCUT2D eigenvalue weighted by Crippen LogP contribution is 2.29. The Hall–Kier alpha value is -1.56. The van der Waals surface area contributed by atoms with E-state index < -0.39 is 5.91 Å². The van der Waals surface area contributed by atoms with Crippen LogP contribution in [0, 0.1) is 12.8 Å². The van der Waals surface area contributed by atoms with Gasteiger partial charge in [0.15, 0.2) is 0 Å². The first-order valence-corrected chi connectivity index (χ1v) is 6.34. The molecule has 0 spiro atoms. The van der Waals surface area contributed by atoms with Crippen LogP contribution in [0.2, 0.25) is 0 Å². The number of carbonyl (C=O) groups is 1. The minimum Gasteiger partial charge on any atom is -0.367 e. The molecule has 2 atom stereocenters. The Labute approximate surface area is 107 Å². The van der Waals surface area contributed by atoms with Crippen LogP contribution < -0.4 is 16.8 Å². The van der Waals surface area contributed by atoms with E-state index in [2.05, 4.69) is 10.4 Å². The van der Waals surface area contributed by atoms with Crippen LogP contribution in [-0.2, 0) is 7.05 Å². The molecule has 18 heavy (non-hydrogen) atoms. The van der Waals surface area contributed by atoms with Gasteiger partial charge in [-0.15, -0.1) is 0 Å². The number of anilines is 1. The van der Waals surface area contributed by atoms with Gasteiger partial charge in [-0.05, 0) is 32.2 Å². The molecule has 1 fully saturated rings. The van der Waals surface area contributed by atoms with Gasteiger partial charge in [0, 0.05) is 13.1 Å². The smallest absolute Gasteiger partial charge is 0.254 e. The highest BCUT2D eigenvalue weighted by Gasteiger charge is 2.28. The maximum Gasteiger partial charge on any atom is 0.254 e. The van der Waals surface area contributed by atoms with Gasteiger partial charge in [0.1, 0.15) is 11.4 Å². The number of aromatic nitrogens is 2. The van der Waals surface area contributed by atoms with Crippen LogP contribution in [0.3, 0.4) is 0 Å². The van der Waals surface area contributed by atoms with E-state index in [9.17, 15) is 4.79 Å². The van der Waals surface area contributed by atoms with Gasteiger partial charge in [-0.2, -0.15) is 5.10 Å². The standard InChI is InChI=1S/C12H21N5O/c1-7-10(11(14)18)12(17(2)16-7)15-9-5-3-4-8(9)6-13/h8-9,15H,3-6,13H2,1-2H3,(H2,14,18). The Balaban J connectivity index is 2.26. The van der Waals surface area contributed by atoms with E-state index >= 15 is 0 Å². The molecule has 6 nitrogen and oxygen atoms in total. The van der Waals surface area contributed by atoms with Gasteiger partial charge >= 0.3 is 0 Å². The third kappa shape index (κ3) is 2.20. The third-order valence-electron chi connectivity index (χ3n) is 3.75. The van der Waals surface area contributed by atoms with Crippen LogP contribution >= 0.6 is 0 Å². The Bertz CT molecular complexity index is 454. The van der Waals surface area contributed by atoms with Crippen molar-refractivity contribution in [2.75, 3.05) is 11.9 Å². The number of nitrogens with zero attached hydrogens (tertiary/aromatic N) is 2. The van der Waals surface area contributed by atoms with E-state index in [1.54, 1.807) is 11.6 Å². The summed E-state index contributed by atoms with van der Waals surface area (Å²) < 4.78 is 1.68. The average Bonchev–Trinajstić information content (AvgIpc) is 2.84. The second-order valence-corrected chi connectivity index (χ2v) is 4.97. The average molecular weight is 251 g/mol. The molecule has 2 rings (SSSR count). The lowest BCUT2D eigenvalue weighted by Gasteiger charge is -2.21. The molecule has 1 aromatic heterocycles. The largest absolute Gasteiger partial charge is 0.367 e. The summed E-state index contributed by atoms with van der Waals surface area (Å²) in [6, 6.07) is 0.308. The predicted octanol–water partition coefficient (Wildman–Crippen LogP) is 0.367. The van der Waals surface area contributed by atoms with Crippen molar-refractivity contribution in [3.63, 3.8) is 0 Å². The fraction of sp³-hybridized carbons (Fsp3) is 0.667. The second kappa shape index (κ2) is 4.97. The minimum atomic E-state index is -0.439. The van der Waals surface area contributed by atoms with Crippen molar-refractivity contribution in [3.05, 3.63) is 11.3 Å². The molecule has 1 aliphatic rings. The maximum atomic E-state index is 11.5. The van der Waals surface area contributed by atoms with Crippen molar-refractivity contribution in [2.45, 2.75) is 32.2 Å². The number of amides is 1. The number of hydrogen-bond donors (Lipinski definition) is 3. The lowest BCUT2D eigenvalue weighted by Crippen LogP contribution is -2.31. The molecular weight excluding hydrogens is 230 g/mol. The molecule has 0 aromatic carbocycles. The van der Waals surface area contributed by atoms with Crippen LogP contribution in [0.1, 0.15) is 35.3 Å². The molecule has 1 aromatic rings. The maximum absolute atomic E-state index is 11.5. The SMILES string of the molecule is Cc1nn(C)c(NC2CCCC2CN)c1C(N)=O. The summed E-state index contributed by atoms with van der Waals surface area (Å²) in [6.07, 6.45) is 3.38. The number of rotatable bonds is 4. The first-order valence-electron chi connectivity index (χ1n) is 6.34. The Morgan fingerprint density at radius 1 is 1.56 bits per heavy atom. The summed E-state index contributed by atoms with van der Waals surface area (Å²) in [5.74, 6) is 0.733. The van der Waals surface area contributed by atoms with Crippen molar-refractivity contribution < 1.29 is 4.79 Å². The van der Waals surface area contributed by atoms with Crippen molar-refractivity contribution in [1.29, 1.82) is 0 Å². The zero-order valence-corrected chi connectivity index (χ0v) is 10.9. The highest BCUT2D eigenvalue weighted by atomic mass is 16.1. The Morgan fingerprint density at radius 3 is 2.89 bits per heavy atom. The third-order valence-corrected chi connectivity index (χ3v) is 3.75. The van der Waals surface area contributed by atoms with Gasteiger partial charge < -0.3 is 16.8 Å². The summed E-state index contributed by atoms with van der Waals surface area (Å²) in [5.41, 5.74) is 12.3. The highest BCUT2D eigenvalue weighted by molar-refractivity contribution is 5.98. The van der Waals surface area contributed by atoms with Crippen molar-refractivity contribution in [3.8, 4) is 0 Å². The quantitative estimate of drug-likeness (QED) is 0.719. The Morgan fingerprint density at radius 2 is 2.28 bits per heavy atom. The van der Waals surface area contributed by atoms with E-state index in [-0.39, 0.29) is 0 Å². The van der Waals surface area contributed by atoms with Gasteiger partial charge in [-0.25, -0.2) is 0 Å². The molecule has 1 heterocycles. The zero-order valence-electron chi connectivity index (χ0n) is 10.9. The molecule has 0 bridgehead atoms. The number of primary amides is 1. The number of carbonyl (C=O) groups excluding carboxylic acids is 1. The number of nitrogens with one attached hydrogen (secondary N) is 1. The molecule has 1 amide bonds. The first-order chi connectivity index (χ1) is 8.54. The summed E-state index contributed by atoms with van der Waals surface area (Å²) in [5, 5.41) is 7.65. The topological polar surface area (TPSA) is 99.0 Å². The minimum absolute atomic E-state index is 0.308. The number of aryl methyl sites for hydroxylation is 2. The lowest BCUT2D eigenvalue weighted by atomic mass is 10.0. The van der Waals surface area contributed by atoms with Crippen LogP contribution in [0.25, 0.3) is 0 Å². The van der Waals surface area contributed by atoms with Crippen molar-refractivity contribution in [1.82, 2.24) is 9.78 Å². The second-order valence-electron chi connectivity index (χ2n) is 4.97. The van der Waals surface area contributed by atoms with Gasteiger partial charge in [-0.3, -0.25) is 9.48 Å². The van der Waals surface area contributed by atoms with Crippen LogP contribution in [-0.4, -0.2) is 28.3 Å². The molecule has 0 saturated heterocycles. The van der Waals surface area contributed by atoms with E-state index in [1.807, 2.05) is 7.05 Å². The monoisotopic (exact) mass is 251 g/mol. The van der Waals surface area contributed by atoms with Gasteiger partial charge in [0.2, 0.25) is 0 Å². The molecule has 5 N–H and O–H groups in total. The molecule has 0 radical (unpaired) electrons. The molecule has 6 heteroatoms. The summed E-state index contributed by atoms with van der Waals surface area (Å²) in [7, 11) is 1.81. The fourth-order valence-corrected chi connectivity index (χ4v) is 2.80. The van der Waals surface area contributed by atoms with Crippen LogP contribution in [0.4, 0.5) is 5.82 Å². The molecule has 2 unspecified atom stereocenters. The van der Waals surface area contributed by atoms with E-state index in [4.69, 9.17) is 11.5 Å². The van der Waals surface area contributed by atoms with Crippen molar-refractivity contribution in [2.24, 2.45) is 24.4 Å². The van der Waals surface area contributed by atoms with Crippen molar-refractivity contribution >= 4 is 11.7 Å². The van der Waals surface area contributed by atoms with E-state index in [0.29, 0.717) is 35.6 Å². The number of hydrogen-bond acceptors (Lipinski definition) is 4. The van der Waals surface area contributed by atoms with Gasteiger partial charge in [0.25, 0.3) is 5.91 Å². The summed E-state index contributed by atoms with van der Waals surface area (Å²) >= 11 is 0. The van der Waals surface area contributed by atoms with E-state index in [0.717, 1.165) is 12.8 Å². The lowest BCUT2D eigenvalue weighted by molar-refractivity contribution is 0.100. The zero-order chi connectivity index (χ0) is 13.3. The molecule has 1 saturated carbocycles. The van der Waals surface area contributed by atoms with Crippen LogP contribution in [0.15, 0.2) is 0 Å². The van der Waals surface area contributed by atoms with Crippen LogP contribution in [0.5, 0.6) is 0 Å². The Kier molecular flexibility index (Phi) is 3.56. The molecule has 100 valence electrons. The summed E-state index contributed by atoms with van der Waals surface area (Å²) in [4.78, 5) is 11.5. The molecule has 1 aliphatic carbocycles. The normalized spacial score (nSPS) is 23.3. The summed E-state index contributed by atoms with van der Waals surface area (Å²) in [6.45, 7) is 2.46. The predicted molar refractivity (Wildman–Crippen MR) is 70.3 cm³/mol. The van der Waals surface area contributed by atoms with Gasteiger partial charge in [0.05, 0.1) is 5.69 Å². The van der Waals surface area contributed by atoms with E-state index in [1.165, 1.54) is 6.42 Å². The fourth-order valence-electron chi connectivity index (χ4n) is 2.80. The molecule has 0 aliphatic heterocycles. The first kappa shape index (κ1) is 12.9. The molecular formula is C12H21N5O. The van der Waals surface area contributed by atoms with Gasteiger partial charge in [-0.1, -0.05) is 6.42 Å². The number of nitrogens with two attached hydrogens (primary N) is 2.